The molecule has 2 atom stereocenters. The van der Waals surface area contributed by atoms with Gasteiger partial charge in [0, 0.05) is 6.54 Å². The monoisotopic (exact) mass is 200 g/mol. The predicted octanol–water partition coefficient (Wildman–Crippen LogP) is 1.11. The molecule has 0 heterocycles. The summed E-state index contributed by atoms with van der Waals surface area (Å²) in [7, 11) is 0. The van der Waals surface area contributed by atoms with Crippen molar-refractivity contribution in [3.05, 3.63) is 0 Å². The Morgan fingerprint density at radius 2 is 2.21 bits per heavy atom. The zero-order valence-electron chi connectivity index (χ0n) is 8.79. The fourth-order valence-corrected chi connectivity index (χ4v) is 2.02. The summed E-state index contributed by atoms with van der Waals surface area (Å²) in [6.07, 6.45) is 3.22. The van der Waals surface area contributed by atoms with Crippen molar-refractivity contribution in [2.24, 2.45) is 17.6 Å². The Kier molecular flexibility index (Phi) is 4.73. The molecule has 3 N–H and O–H groups in total. The number of hydrogen-bond acceptors (Lipinski definition) is 3. The fourth-order valence-electron chi connectivity index (χ4n) is 2.02. The highest BCUT2D eigenvalue weighted by Crippen LogP contribution is 2.30. The summed E-state index contributed by atoms with van der Waals surface area (Å²) < 4.78 is 5.09. The van der Waals surface area contributed by atoms with Crippen molar-refractivity contribution < 1.29 is 9.53 Å². The topological polar surface area (TPSA) is 64.3 Å². The van der Waals surface area contributed by atoms with Crippen LogP contribution in [0.3, 0.4) is 0 Å². The molecule has 0 saturated heterocycles. The molecular formula is C10H20N2O2. The molecule has 1 rings (SSSR count). The number of alkyl carbamates (subject to hydrolysis) is 1. The maximum atomic E-state index is 11.0. The number of hydrogen-bond donors (Lipinski definition) is 2. The summed E-state index contributed by atoms with van der Waals surface area (Å²) in [5.74, 6) is 1.02. The van der Waals surface area contributed by atoms with Crippen LogP contribution in [0.5, 0.6) is 0 Å². The molecule has 0 bridgehead atoms. The standard InChI is InChI=1S/C10H20N2O2/c1-2-12-10(13)14-7-9-5-3-4-8(9)6-11/h8-9H,2-7,11H2,1H3,(H,12,13). The first-order valence-electron chi connectivity index (χ1n) is 5.38. The molecule has 0 spiro atoms. The molecule has 0 aliphatic heterocycles. The Morgan fingerprint density at radius 3 is 2.86 bits per heavy atom. The molecule has 4 heteroatoms. The molecule has 1 aliphatic rings. The van der Waals surface area contributed by atoms with Gasteiger partial charge in [0.1, 0.15) is 0 Å². The van der Waals surface area contributed by atoms with E-state index in [0.29, 0.717) is 31.5 Å². The number of amides is 1. The molecule has 2 unspecified atom stereocenters. The number of nitrogens with one attached hydrogen (secondary N) is 1. The van der Waals surface area contributed by atoms with Gasteiger partial charge in [-0.3, -0.25) is 0 Å². The van der Waals surface area contributed by atoms with Crippen molar-refractivity contribution in [1.82, 2.24) is 5.32 Å². The van der Waals surface area contributed by atoms with Crippen molar-refractivity contribution in [3.8, 4) is 0 Å². The molecule has 0 aromatic heterocycles. The molecular weight excluding hydrogens is 180 g/mol. The van der Waals surface area contributed by atoms with Gasteiger partial charge in [-0.2, -0.15) is 0 Å². The zero-order chi connectivity index (χ0) is 10.4. The smallest absolute Gasteiger partial charge is 0.407 e. The molecule has 1 aliphatic carbocycles. The summed E-state index contributed by atoms with van der Waals surface area (Å²) in [4.78, 5) is 11.0. The predicted molar refractivity (Wildman–Crippen MR) is 54.9 cm³/mol. The van der Waals surface area contributed by atoms with Crippen LogP contribution >= 0.6 is 0 Å². The summed E-state index contributed by atoms with van der Waals surface area (Å²) in [6.45, 7) is 3.72. The third-order valence-corrected chi connectivity index (χ3v) is 2.87. The zero-order valence-corrected chi connectivity index (χ0v) is 8.79. The molecule has 1 fully saturated rings. The Balaban J connectivity index is 2.20. The quantitative estimate of drug-likeness (QED) is 0.714. The molecule has 82 valence electrons. The van der Waals surface area contributed by atoms with Gasteiger partial charge < -0.3 is 15.8 Å². The largest absolute Gasteiger partial charge is 0.449 e. The van der Waals surface area contributed by atoms with Gasteiger partial charge in [0.05, 0.1) is 6.61 Å². The van der Waals surface area contributed by atoms with Crippen LogP contribution in [0.2, 0.25) is 0 Å². The van der Waals surface area contributed by atoms with E-state index in [0.717, 1.165) is 6.42 Å². The van der Waals surface area contributed by atoms with Gasteiger partial charge in [-0.1, -0.05) is 6.42 Å². The van der Waals surface area contributed by atoms with Crippen LogP contribution in [-0.4, -0.2) is 25.8 Å². The van der Waals surface area contributed by atoms with Crippen molar-refractivity contribution in [1.29, 1.82) is 0 Å². The normalized spacial score (nSPS) is 26.1. The Hall–Kier alpha value is -0.770. The minimum absolute atomic E-state index is 0.310. The van der Waals surface area contributed by atoms with Crippen LogP contribution in [0.4, 0.5) is 4.79 Å². The van der Waals surface area contributed by atoms with Crippen LogP contribution in [0.15, 0.2) is 0 Å². The summed E-state index contributed by atoms with van der Waals surface area (Å²) >= 11 is 0. The first-order valence-corrected chi connectivity index (χ1v) is 5.38. The molecule has 0 aromatic rings. The van der Waals surface area contributed by atoms with Crippen molar-refractivity contribution in [2.45, 2.75) is 26.2 Å². The average Bonchev–Trinajstić information content (AvgIpc) is 2.62. The lowest BCUT2D eigenvalue weighted by molar-refractivity contribution is 0.118. The molecule has 1 amide bonds. The van der Waals surface area contributed by atoms with Gasteiger partial charge in [-0.25, -0.2) is 4.79 Å². The van der Waals surface area contributed by atoms with E-state index in [9.17, 15) is 4.79 Å². The number of ether oxygens (including phenoxy) is 1. The fraction of sp³-hybridized carbons (Fsp3) is 0.900. The second-order valence-corrected chi connectivity index (χ2v) is 3.82. The molecule has 0 radical (unpaired) electrons. The lowest BCUT2D eigenvalue weighted by Crippen LogP contribution is -2.28. The van der Waals surface area contributed by atoms with Gasteiger partial charge in [0.25, 0.3) is 0 Å². The van der Waals surface area contributed by atoms with Crippen LogP contribution in [0.1, 0.15) is 26.2 Å². The van der Waals surface area contributed by atoms with Crippen LogP contribution in [0.25, 0.3) is 0 Å². The first kappa shape index (κ1) is 11.3. The van der Waals surface area contributed by atoms with E-state index in [2.05, 4.69) is 5.32 Å². The van der Waals surface area contributed by atoms with E-state index in [4.69, 9.17) is 10.5 Å². The second kappa shape index (κ2) is 5.86. The molecule has 4 nitrogen and oxygen atoms in total. The van der Waals surface area contributed by atoms with E-state index < -0.39 is 0 Å². The molecule has 0 aromatic carbocycles. The summed E-state index contributed by atoms with van der Waals surface area (Å²) in [5.41, 5.74) is 5.63. The van der Waals surface area contributed by atoms with E-state index in [1.165, 1.54) is 12.8 Å². The minimum Gasteiger partial charge on any atom is -0.449 e. The highest BCUT2D eigenvalue weighted by Gasteiger charge is 2.26. The Bertz CT molecular complexity index is 185. The average molecular weight is 200 g/mol. The molecule has 1 saturated carbocycles. The van der Waals surface area contributed by atoms with E-state index in [1.807, 2.05) is 6.92 Å². The van der Waals surface area contributed by atoms with Gasteiger partial charge in [-0.15, -0.1) is 0 Å². The lowest BCUT2D eigenvalue weighted by atomic mass is 9.97. The second-order valence-electron chi connectivity index (χ2n) is 3.82. The highest BCUT2D eigenvalue weighted by molar-refractivity contribution is 5.66. The highest BCUT2D eigenvalue weighted by atomic mass is 16.5. The van der Waals surface area contributed by atoms with Crippen LogP contribution < -0.4 is 11.1 Å². The maximum Gasteiger partial charge on any atom is 0.407 e. The summed E-state index contributed by atoms with van der Waals surface area (Å²) in [5, 5.41) is 2.61. The Morgan fingerprint density at radius 1 is 1.50 bits per heavy atom. The van der Waals surface area contributed by atoms with Crippen LogP contribution in [0, 0.1) is 11.8 Å². The maximum absolute atomic E-state index is 11.0. The number of rotatable bonds is 4. The van der Waals surface area contributed by atoms with Gasteiger partial charge in [-0.05, 0) is 38.1 Å². The van der Waals surface area contributed by atoms with E-state index in [-0.39, 0.29) is 6.09 Å². The third kappa shape index (κ3) is 3.18. The van der Waals surface area contributed by atoms with Gasteiger partial charge >= 0.3 is 6.09 Å². The third-order valence-electron chi connectivity index (χ3n) is 2.87. The number of carbonyl (C=O) groups is 1. The van der Waals surface area contributed by atoms with E-state index in [1.54, 1.807) is 0 Å². The van der Waals surface area contributed by atoms with Crippen molar-refractivity contribution >= 4 is 6.09 Å². The van der Waals surface area contributed by atoms with Crippen LogP contribution in [-0.2, 0) is 4.74 Å². The van der Waals surface area contributed by atoms with Crippen molar-refractivity contribution in [2.75, 3.05) is 19.7 Å². The lowest BCUT2D eigenvalue weighted by Gasteiger charge is -2.17. The Labute approximate surface area is 85.2 Å². The molecule has 14 heavy (non-hydrogen) atoms. The van der Waals surface area contributed by atoms with Gasteiger partial charge in [0.2, 0.25) is 0 Å². The van der Waals surface area contributed by atoms with Crippen molar-refractivity contribution in [3.63, 3.8) is 0 Å². The first-order chi connectivity index (χ1) is 6.77. The van der Waals surface area contributed by atoms with E-state index >= 15 is 0 Å². The number of carbonyl (C=O) groups excluding carboxylic acids is 1. The summed E-state index contributed by atoms with van der Waals surface area (Å²) in [6, 6.07) is 0. The number of nitrogens with two attached hydrogens (primary N) is 1. The minimum atomic E-state index is -0.310. The van der Waals surface area contributed by atoms with Gasteiger partial charge in [0.15, 0.2) is 0 Å². The SMILES string of the molecule is CCNC(=O)OCC1CCCC1CN.